The lowest BCUT2D eigenvalue weighted by molar-refractivity contribution is -0.135. The van der Waals surface area contributed by atoms with Crippen LogP contribution in [0.25, 0.3) is 6.08 Å². The quantitative estimate of drug-likeness (QED) is 0.523. The van der Waals surface area contributed by atoms with E-state index in [0.717, 1.165) is 17.3 Å². The molecule has 0 saturated carbocycles. The van der Waals surface area contributed by atoms with E-state index in [1.165, 1.54) is 9.80 Å². The number of halogens is 1. The van der Waals surface area contributed by atoms with Crippen LogP contribution in [-0.4, -0.2) is 65.5 Å². The van der Waals surface area contributed by atoms with Crippen LogP contribution in [0, 0.1) is 0 Å². The molecule has 2 saturated heterocycles. The zero-order valence-corrected chi connectivity index (χ0v) is 17.6. The fourth-order valence-corrected chi connectivity index (χ4v) is 6.14. The number of rotatable bonds is 4. The zero-order valence-electron chi connectivity index (χ0n) is 14.4. The van der Waals surface area contributed by atoms with E-state index in [1.807, 2.05) is 6.07 Å². The minimum absolute atomic E-state index is 0.0394. The summed E-state index contributed by atoms with van der Waals surface area (Å²) in [5, 5.41) is 0.558. The molecular weight excluding hydrogens is 428 g/mol. The van der Waals surface area contributed by atoms with Crippen LogP contribution < -0.4 is 0 Å². The summed E-state index contributed by atoms with van der Waals surface area (Å²) in [6.07, 6.45) is 2.10. The van der Waals surface area contributed by atoms with Crippen LogP contribution in [0.15, 0.2) is 29.2 Å². The third kappa shape index (κ3) is 4.71. The molecule has 1 aromatic carbocycles. The Morgan fingerprint density at radius 2 is 2.22 bits per heavy atom. The lowest BCUT2D eigenvalue weighted by Gasteiger charge is -2.25. The van der Waals surface area contributed by atoms with Gasteiger partial charge in [-0.25, -0.2) is 8.42 Å². The van der Waals surface area contributed by atoms with Crippen LogP contribution >= 0.6 is 35.6 Å². The van der Waals surface area contributed by atoms with Gasteiger partial charge in [0.2, 0.25) is 5.91 Å². The van der Waals surface area contributed by atoms with Crippen molar-refractivity contribution in [3.8, 4) is 0 Å². The molecule has 2 fully saturated rings. The van der Waals surface area contributed by atoms with Gasteiger partial charge in [-0.3, -0.25) is 14.5 Å². The Kier molecular flexibility index (Phi) is 5.95. The van der Waals surface area contributed by atoms with Crippen molar-refractivity contribution in [2.45, 2.75) is 12.5 Å². The Bertz CT molecular complexity index is 945. The molecule has 1 aromatic rings. The maximum atomic E-state index is 12.6. The Labute approximate surface area is 172 Å². The van der Waals surface area contributed by atoms with E-state index >= 15 is 0 Å². The van der Waals surface area contributed by atoms with Gasteiger partial charge in [-0.1, -0.05) is 47.7 Å². The maximum Gasteiger partial charge on any atom is 0.266 e. The second kappa shape index (κ2) is 7.90. The molecule has 0 radical (unpaired) electrons. The topological polar surface area (TPSA) is 74.8 Å². The van der Waals surface area contributed by atoms with Crippen molar-refractivity contribution in [1.82, 2.24) is 9.80 Å². The highest BCUT2D eigenvalue weighted by Gasteiger charge is 2.37. The van der Waals surface area contributed by atoms with Gasteiger partial charge in [0, 0.05) is 18.1 Å². The van der Waals surface area contributed by atoms with Crippen LogP contribution in [-0.2, 0) is 19.4 Å². The van der Waals surface area contributed by atoms with Crippen molar-refractivity contribution in [1.29, 1.82) is 0 Å². The number of carbonyl (C=O) groups excluding carboxylic acids is 2. The van der Waals surface area contributed by atoms with Crippen LogP contribution in [0.3, 0.4) is 0 Å². The van der Waals surface area contributed by atoms with Crippen molar-refractivity contribution in [3.05, 3.63) is 39.8 Å². The Hall–Kier alpha value is -1.42. The van der Waals surface area contributed by atoms with Crippen LogP contribution in [0.1, 0.15) is 12.0 Å². The van der Waals surface area contributed by atoms with Crippen LogP contribution in [0.5, 0.6) is 0 Å². The van der Waals surface area contributed by atoms with Gasteiger partial charge in [-0.15, -0.1) is 0 Å². The number of carbonyl (C=O) groups is 2. The number of thioether (sulfide) groups is 1. The molecule has 0 bridgehead atoms. The molecule has 10 heteroatoms. The highest BCUT2D eigenvalue weighted by atomic mass is 35.5. The van der Waals surface area contributed by atoms with Crippen LogP contribution in [0.4, 0.5) is 0 Å². The fraction of sp³-hybridized carbons (Fsp3) is 0.353. The average molecular weight is 445 g/mol. The van der Waals surface area contributed by atoms with E-state index in [0.29, 0.717) is 20.7 Å². The van der Waals surface area contributed by atoms with E-state index < -0.39 is 9.84 Å². The summed E-state index contributed by atoms with van der Waals surface area (Å²) in [5.74, 6) is -0.635. The SMILES string of the molecule is CN(C(=O)CN1C(=O)/C(=C/c2cccc(Cl)c2)SC1=S)[C@@H]1CCS(=O)(=O)C1. The molecule has 0 aromatic heterocycles. The number of likely N-dealkylation sites (N-methyl/N-ethyl adjacent to an activating group) is 1. The lowest BCUT2D eigenvalue weighted by Crippen LogP contribution is -2.45. The number of hydrogen-bond donors (Lipinski definition) is 0. The molecule has 1 atom stereocenters. The standard InChI is InChI=1S/C17H17ClN2O4S3/c1-19(13-5-6-27(23,24)10-13)15(21)9-20-16(22)14(26-17(20)25)8-11-3-2-4-12(18)7-11/h2-4,7-8,13H,5-6,9-10H2,1H3/b14-8-/t13-/m1/s1. The van der Waals surface area contributed by atoms with Gasteiger partial charge < -0.3 is 4.90 Å². The van der Waals surface area contributed by atoms with Gasteiger partial charge in [-0.05, 0) is 30.2 Å². The second-order valence-electron chi connectivity index (χ2n) is 6.38. The van der Waals surface area contributed by atoms with Gasteiger partial charge in [0.25, 0.3) is 5.91 Å². The summed E-state index contributed by atoms with van der Waals surface area (Å²) in [4.78, 5) is 28.2. The molecule has 2 aliphatic heterocycles. The lowest BCUT2D eigenvalue weighted by atomic mass is 10.2. The number of sulfone groups is 1. The second-order valence-corrected chi connectivity index (χ2v) is 10.7. The summed E-state index contributed by atoms with van der Waals surface area (Å²) in [6.45, 7) is -0.204. The average Bonchev–Trinajstić information content (AvgIpc) is 3.08. The largest absolute Gasteiger partial charge is 0.340 e. The summed E-state index contributed by atoms with van der Waals surface area (Å²) >= 11 is 12.3. The minimum atomic E-state index is -3.09. The number of nitrogens with zero attached hydrogens (tertiary/aromatic N) is 2. The van der Waals surface area contributed by atoms with E-state index in [-0.39, 0.29) is 35.9 Å². The van der Waals surface area contributed by atoms with E-state index in [4.69, 9.17) is 23.8 Å². The molecule has 6 nitrogen and oxygen atoms in total. The molecule has 2 amide bonds. The predicted octanol–water partition coefficient (Wildman–Crippen LogP) is 2.19. The van der Waals surface area contributed by atoms with Gasteiger partial charge in [0.1, 0.15) is 10.9 Å². The third-order valence-electron chi connectivity index (χ3n) is 4.46. The molecular formula is C17H17ClN2O4S3. The number of thiocarbonyl (C=S) groups is 1. The maximum absolute atomic E-state index is 12.6. The zero-order chi connectivity index (χ0) is 19.8. The first-order valence-electron chi connectivity index (χ1n) is 8.13. The Morgan fingerprint density at radius 3 is 2.85 bits per heavy atom. The van der Waals surface area contributed by atoms with Crippen molar-refractivity contribution < 1.29 is 18.0 Å². The van der Waals surface area contributed by atoms with E-state index in [9.17, 15) is 18.0 Å². The van der Waals surface area contributed by atoms with Gasteiger partial charge in [0.15, 0.2) is 9.84 Å². The minimum Gasteiger partial charge on any atom is -0.340 e. The first kappa shape index (κ1) is 20.3. The van der Waals surface area contributed by atoms with Crippen molar-refractivity contribution in [2.24, 2.45) is 0 Å². The molecule has 3 rings (SSSR count). The smallest absolute Gasteiger partial charge is 0.266 e. The van der Waals surface area contributed by atoms with Crippen molar-refractivity contribution >= 4 is 67.6 Å². The normalized spacial score (nSPS) is 23.3. The van der Waals surface area contributed by atoms with Gasteiger partial charge in [-0.2, -0.15) is 0 Å². The molecule has 0 spiro atoms. The molecule has 0 unspecified atom stereocenters. The third-order valence-corrected chi connectivity index (χ3v) is 7.83. The molecule has 2 aliphatic rings. The van der Waals surface area contributed by atoms with Crippen molar-refractivity contribution in [3.63, 3.8) is 0 Å². The monoisotopic (exact) mass is 444 g/mol. The number of hydrogen-bond acceptors (Lipinski definition) is 6. The first-order chi connectivity index (χ1) is 12.7. The van der Waals surface area contributed by atoms with Gasteiger partial charge >= 0.3 is 0 Å². The molecule has 2 heterocycles. The summed E-state index contributed by atoms with van der Waals surface area (Å²) in [6, 6.07) is 6.71. The molecule has 0 N–H and O–H groups in total. The Morgan fingerprint density at radius 1 is 1.48 bits per heavy atom. The van der Waals surface area contributed by atoms with Gasteiger partial charge in [0.05, 0.1) is 16.4 Å². The number of amides is 2. The highest BCUT2D eigenvalue weighted by molar-refractivity contribution is 8.26. The molecule has 144 valence electrons. The molecule has 27 heavy (non-hydrogen) atoms. The summed E-state index contributed by atoms with van der Waals surface area (Å²) in [5.41, 5.74) is 0.766. The van der Waals surface area contributed by atoms with Crippen molar-refractivity contribution in [2.75, 3.05) is 25.1 Å². The summed E-state index contributed by atoms with van der Waals surface area (Å²) in [7, 11) is -1.53. The van der Waals surface area contributed by atoms with E-state index in [1.54, 1.807) is 31.3 Å². The summed E-state index contributed by atoms with van der Waals surface area (Å²) < 4.78 is 23.5. The fourth-order valence-electron chi connectivity index (χ4n) is 2.92. The molecule has 0 aliphatic carbocycles. The van der Waals surface area contributed by atoms with E-state index in [2.05, 4.69) is 0 Å². The highest BCUT2D eigenvalue weighted by Crippen LogP contribution is 2.33. The van der Waals surface area contributed by atoms with Crippen LogP contribution in [0.2, 0.25) is 5.02 Å². The Balaban J connectivity index is 1.69. The predicted molar refractivity (Wildman–Crippen MR) is 111 cm³/mol. The first-order valence-corrected chi connectivity index (χ1v) is 11.6. The number of benzene rings is 1.